The number of likely N-dealkylation sites (tertiary alicyclic amines) is 1. The van der Waals surface area contributed by atoms with Crippen molar-refractivity contribution in [1.82, 2.24) is 15.0 Å². The number of piperidine rings is 1. The van der Waals surface area contributed by atoms with Crippen LogP contribution in [0.2, 0.25) is 0 Å². The highest BCUT2D eigenvalue weighted by Gasteiger charge is 2.26. The fourth-order valence-electron chi connectivity index (χ4n) is 3.20. The predicted octanol–water partition coefficient (Wildman–Crippen LogP) is 1.64. The minimum absolute atomic E-state index is 0.00592. The molecule has 1 aromatic carbocycles. The molecule has 1 N–H and O–H groups in total. The Bertz CT molecular complexity index is 814. The van der Waals surface area contributed by atoms with Crippen molar-refractivity contribution in [3.63, 3.8) is 0 Å². The highest BCUT2D eigenvalue weighted by molar-refractivity contribution is 5.93. The summed E-state index contributed by atoms with van der Waals surface area (Å²) in [6.45, 7) is 2.01. The first-order valence-corrected chi connectivity index (χ1v) is 9.13. The first-order chi connectivity index (χ1) is 13.6. The topological polar surface area (TPSA) is 107 Å². The number of para-hydroxylation sites is 2. The SMILES string of the molecule is COC(=O)C1CCN(Cc2nc(CC(=O)Nc3ccccc3OC)no2)CC1. The lowest BCUT2D eigenvalue weighted by molar-refractivity contribution is -0.147. The summed E-state index contributed by atoms with van der Waals surface area (Å²) in [5, 5.41) is 6.67. The van der Waals surface area contributed by atoms with Gasteiger partial charge in [-0.1, -0.05) is 17.3 Å². The predicted molar refractivity (Wildman–Crippen MR) is 99.6 cm³/mol. The maximum atomic E-state index is 12.2. The van der Waals surface area contributed by atoms with E-state index in [4.69, 9.17) is 14.0 Å². The molecule has 0 saturated carbocycles. The quantitative estimate of drug-likeness (QED) is 0.714. The molecular formula is C19H24N4O5. The van der Waals surface area contributed by atoms with Gasteiger partial charge in [0.25, 0.3) is 0 Å². The number of methoxy groups -OCH3 is 2. The number of rotatable bonds is 7. The van der Waals surface area contributed by atoms with Crippen molar-refractivity contribution in [2.45, 2.75) is 25.8 Å². The summed E-state index contributed by atoms with van der Waals surface area (Å²) in [4.78, 5) is 30.3. The number of esters is 1. The Labute approximate surface area is 163 Å². The molecule has 0 atom stereocenters. The number of nitrogens with one attached hydrogen (secondary N) is 1. The molecule has 28 heavy (non-hydrogen) atoms. The van der Waals surface area contributed by atoms with E-state index in [9.17, 15) is 9.59 Å². The Morgan fingerprint density at radius 1 is 1.25 bits per heavy atom. The van der Waals surface area contributed by atoms with Gasteiger partial charge in [0.05, 0.1) is 38.8 Å². The molecular weight excluding hydrogens is 364 g/mol. The standard InChI is InChI=1S/C19H24N4O5/c1-26-15-6-4-3-5-14(15)20-17(24)11-16-21-18(28-22-16)12-23-9-7-13(8-10-23)19(25)27-2/h3-6,13H,7-12H2,1-2H3,(H,20,24). The molecule has 2 heterocycles. The van der Waals surface area contributed by atoms with Crippen molar-refractivity contribution in [2.24, 2.45) is 5.92 Å². The van der Waals surface area contributed by atoms with Crippen LogP contribution >= 0.6 is 0 Å². The number of carbonyl (C=O) groups excluding carboxylic acids is 2. The van der Waals surface area contributed by atoms with Crippen LogP contribution < -0.4 is 10.1 Å². The Kier molecular flexibility index (Phi) is 6.59. The van der Waals surface area contributed by atoms with Gasteiger partial charge in [0.2, 0.25) is 11.8 Å². The lowest BCUT2D eigenvalue weighted by Crippen LogP contribution is -2.36. The molecule has 2 aromatic rings. The van der Waals surface area contributed by atoms with E-state index in [-0.39, 0.29) is 24.2 Å². The van der Waals surface area contributed by atoms with Crippen LogP contribution in [0.3, 0.4) is 0 Å². The van der Waals surface area contributed by atoms with Crippen molar-refractivity contribution < 1.29 is 23.6 Å². The third-order valence-corrected chi connectivity index (χ3v) is 4.69. The van der Waals surface area contributed by atoms with Gasteiger partial charge in [-0.2, -0.15) is 4.98 Å². The molecule has 1 aromatic heterocycles. The summed E-state index contributed by atoms with van der Waals surface area (Å²) in [6, 6.07) is 7.17. The van der Waals surface area contributed by atoms with Gasteiger partial charge >= 0.3 is 5.97 Å². The normalized spacial score (nSPS) is 15.2. The van der Waals surface area contributed by atoms with Crippen LogP contribution in [0.4, 0.5) is 5.69 Å². The van der Waals surface area contributed by atoms with Crippen LogP contribution in [0.15, 0.2) is 28.8 Å². The highest BCUT2D eigenvalue weighted by atomic mass is 16.5. The van der Waals surface area contributed by atoms with Gasteiger partial charge in [0.1, 0.15) is 5.75 Å². The zero-order valence-electron chi connectivity index (χ0n) is 16.0. The van der Waals surface area contributed by atoms with Gasteiger partial charge in [0.15, 0.2) is 5.82 Å². The van der Waals surface area contributed by atoms with E-state index in [1.807, 2.05) is 12.1 Å². The van der Waals surface area contributed by atoms with E-state index in [1.165, 1.54) is 7.11 Å². The summed E-state index contributed by atoms with van der Waals surface area (Å²) in [6.07, 6.45) is 1.50. The summed E-state index contributed by atoms with van der Waals surface area (Å²) in [5.74, 6) is 0.915. The molecule has 0 bridgehead atoms. The molecule has 1 aliphatic heterocycles. The number of nitrogens with zero attached hydrogens (tertiary/aromatic N) is 3. The number of carbonyl (C=O) groups is 2. The average Bonchev–Trinajstić information content (AvgIpc) is 3.14. The van der Waals surface area contributed by atoms with Gasteiger partial charge in [0, 0.05) is 0 Å². The van der Waals surface area contributed by atoms with Crippen LogP contribution in [-0.2, 0) is 27.3 Å². The van der Waals surface area contributed by atoms with E-state index in [1.54, 1.807) is 19.2 Å². The Hall–Kier alpha value is -2.94. The Balaban J connectivity index is 1.49. The molecule has 0 aliphatic carbocycles. The number of ether oxygens (including phenoxy) is 2. The minimum atomic E-state index is -0.254. The fourth-order valence-corrected chi connectivity index (χ4v) is 3.20. The zero-order chi connectivity index (χ0) is 19.9. The Morgan fingerprint density at radius 3 is 2.71 bits per heavy atom. The van der Waals surface area contributed by atoms with E-state index in [0.717, 1.165) is 25.9 Å². The second-order valence-corrected chi connectivity index (χ2v) is 6.60. The molecule has 9 nitrogen and oxygen atoms in total. The maximum absolute atomic E-state index is 12.2. The lowest BCUT2D eigenvalue weighted by Gasteiger charge is -2.29. The van der Waals surface area contributed by atoms with Crippen LogP contribution in [0.5, 0.6) is 5.75 Å². The first-order valence-electron chi connectivity index (χ1n) is 9.13. The third-order valence-electron chi connectivity index (χ3n) is 4.69. The number of benzene rings is 1. The second-order valence-electron chi connectivity index (χ2n) is 6.60. The highest BCUT2D eigenvalue weighted by Crippen LogP contribution is 2.23. The monoisotopic (exact) mass is 388 g/mol. The van der Waals surface area contributed by atoms with E-state index < -0.39 is 0 Å². The molecule has 0 spiro atoms. The van der Waals surface area contributed by atoms with Crippen molar-refractivity contribution in [2.75, 3.05) is 32.6 Å². The second kappa shape index (κ2) is 9.32. The zero-order valence-corrected chi connectivity index (χ0v) is 16.0. The number of amides is 1. The largest absolute Gasteiger partial charge is 0.495 e. The molecule has 1 aliphatic rings. The van der Waals surface area contributed by atoms with Gasteiger partial charge in [-0.15, -0.1) is 0 Å². The van der Waals surface area contributed by atoms with Crippen molar-refractivity contribution >= 4 is 17.6 Å². The van der Waals surface area contributed by atoms with E-state index >= 15 is 0 Å². The summed E-state index contributed by atoms with van der Waals surface area (Å²) < 4.78 is 15.3. The van der Waals surface area contributed by atoms with Gasteiger partial charge in [-0.05, 0) is 38.1 Å². The molecule has 1 fully saturated rings. The smallest absolute Gasteiger partial charge is 0.308 e. The van der Waals surface area contributed by atoms with Crippen LogP contribution in [-0.4, -0.2) is 54.2 Å². The maximum Gasteiger partial charge on any atom is 0.308 e. The van der Waals surface area contributed by atoms with Gasteiger partial charge in [-0.3, -0.25) is 14.5 Å². The van der Waals surface area contributed by atoms with Crippen molar-refractivity contribution in [3.05, 3.63) is 36.0 Å². The average molecular weight is 388 g/mol. The van der Waals surface area contributed by atoms with Crippen LogP contribution in [0.1, 0.15) is 24.6 Å². The van der Waals surface area contributed by atoms with E-state index in [0.29, 0.717) is 29.7 Å². The Morgan fingerprint density at radius 2 is 2.00 bits per heavy atom. The van der Waals surface area contributed by atoms with Crippen molar-refractivity contribution in [3.8, 4) is 5.75 Å². The summed E-state index contributed by atoms with van der Waals surface area (Å²) in [7, 11) is 2.96. The van der Waals surface area contributed by atoms with Crippen molar-refractivity contribution in [1.29, 1.82) is 0 Å². The summed E-state index contributed by atoms with van der Waals surface area (Å²) >= 11 is 0. The molecule has 0 unspecified atom stereocenters. The molecule has 9 heteroatoms. The molecule has 0 radical (unpaired) electrons. The molecule has 3 rings (SSSR count). The third kappa shape index (κ3) is 5.07. The van der Waals surface area contributed by atoms with Crippen LogP contribution in [0.25, 0.3) is 0 Å². The molecule has 1 saturated heterocycles. The van der Waals surface area contributed by atoms with Gasteiger partial charge in [-0.25, -0.2) is 0 Å². The summed E-state index contributed by atoms with van der Waals surface area (Å²) in [5.41, 5.74) is 0.590. The minimum Gasteiger partial charge on any atom is -0.495 e. The first kappa shape index (κ1) is 19.8. The molecule has 150 valence electrons. The molecule has 1 amide bonds. The lowest BCUT2D eigenvalue weighted by atomic mass is 9.97. The number of hydrogen-bond donors (Lipinski definition) is 1. The van der Waals surface area contributed by atoms with E-state index in [2.05, 4.69) is 20.4 Å². The number of aromatic nitrogens is 2. The number of anilines is 1. The fraction of sp³-hybridized carbons (Fsp3) is 0.474. The van der Waals surface area contributed by atoms with Gasteiger partial charge < -0.3 is 19.3 Å². The number of hydrogen-bond acceptors (Lipinski definition) is 8. The van der Waals surface area contributed by atoms with Crippen LogP contribution in [0, 0.1) is 5.92 Å².